The zero-order chi connectivity index (χ0) is 11.5. The highest BCUT2D eigenvalue weighted by molar-refractivity contribution is 6.51. The predicted octanol–water partition coefficient (Wildman–Crippen LogP) is 3.98. The molecule has 0 aliphatic rings. The van der Waals surface area contributed by atoms with E-state index in [4.69, 9.17) is 8.53 Å². The van der Waals surface area contributed by atoms with Crippen molar-refractivity contribution in [1.82, 2.24) is 0 Å². The van der Waals surface area contributed by atoms with Gasteiger partial charge in [-0.2, -0.15) is 0 Å². The summed E-state index contributed by atoms with van der Waals surface area (Å²) in [5.41, 5.74) is 0. The largest absolute Gasteiger partial charge is 0.478 e. The Bertz CT molecular complexity index is 127. The molecule has 0 amide bonds. The average molecular weight is 230 g/mol. The van der Waals surface area contributed by atoms with Crippen LogP contribution in [0.4, 0.5) is 0 Å². The molecule has 1 atom stereocenters. The molecule has 1 unspecified atom stereocenters. The van der Waals surface area contributed by atoms with Crippen LogP contribution in [0.1, 0.15) is 53.4 Å². The Labute approximate surface area is 100 Å². The molecule has 0 rings (SSSR count). The van der Waals surface area contributed by atoms with Gasteiger partial charge in [0.1, 0.15) is 6.29 Å². The third-order valence-electron chi connectivity index (χ3n) is 2.58. The highest BCUT2D eigenvalue weighted by Gasteiger charge is 2.20. The van der Waals surface area contributed by atoms with Crippen LogP contribution in [0.3, 0.4) is 0 Å². The Balaban J connectivity index is 3.79. The minimum absolute atomic E-state index is 0.0816. The second-order valence-corrected chi connectivity index (χ2v) is 7.17. The summed E-state index contributed by atoms with van der Waals surface area (Å²) in [4.78, 5) is 0. The number of hydrogen-bond acceptors (Lipinski definition) is 2. The van der Waals surface area contributed by atoms with Gasteiger partial charge in [0.2, 0.25) is 0 Å². The van der Waals surface area contributed by atoms with E-state index in [1.807, 2.05) is 0 Å². The molecular weight excluding hydrogens is 203 g/mol. The van der Waals surface area contributed by atoms with Gasteiger partial charge in [-0.15, -0.1) is 0 Å². The van der Waals surface area contributed by atoms with Gasteiger partial charge in [-0.3, -0.25) is 0 Å². The standard InChI is InChI=1S/C8H17O2.2C2H5.Al/c1-3-5-7-10-8(9)6-4-2;2*1-2;/h8H,3-7H2,1-2H3;2*1H2,2H3;/q-1;;;+1. The second-order valence-electron chi connectivity index (χ2n) is 4.02. The first-order chi connectivity index (χ1) is 7.28. The van der Waals surface area contributed by atoms with E-state index in [0.717, 1.165) is 25.9 Å². The first-order valence-corrected chi connectivity index (χ1v) is 8.65. The fraction of sp³-hybridized carbons (Fsp3) is 1.00. The zero-order valence-electron chi connectivity index (χ0n) is 10.9. The molecular formula is C12H27AlO2. The quantitative estimate of drug-likeness (QED) is 0.321. The van der Waals surface area contributed by atoms with Crippen molar-refractivity contribution in [1.29, 1.82) is 0 Å². The maximum absolute atomic E-state index is 6.05. The molecule has 15 heavy (non-hydrogen) atoms. The van der Waals surface area contributed by atoms with Gasteiger partial charge in [0.05, 0.1) is 0 Å². The molecule has 0 aromatic rings. The van der Waals surface area contributed by atoms with Crippen molar-refractivity contribution in [2.24, 2.45) is 0 Å². The first-order valence-electron chi connectivity index (χ1n) is 6.55. The van der Waals surface area contributed by atoms with E-state index >= 15 is 0 Å². The summed E-state index contributed by atoms with van der Waals surface area (Å²) < 4.78 is 11.8. The Morgan fingerprint density at radius 2 is 1.67 bits per heavy atom. The summed E-state index contributed by atoms with van der Waals surface area (Å²) >= 11 is -0.958. The molecule has 0 aromatic carbocycles. The molecule has 90 valence electrons. The van der Waals surface area contributed by atoms with Crippen molar-refractivity contribution in [3.8, 4) is 0 Å². The lowest BCUT2D eigenvalue weighted by Crippen LogP contribution is -2.27. The van der Waals surface area contributed by atoms with Crippen LogP contribution in [0.25, 0.3) is 0 Å². The fourth-order valence-corrected chi connectivity index (χ4v) is 3.09. The molecule has 0 saturated carbocycles. The Morgan fingerprint density at radius 1 is 1.00 bits per heavy atom. The molecule has 0 saturated heterocycles. The Morgan fingerprint density at radius 3 is 2.13 bits per heavy atom. The molecule has 3 heteroatoms. The summed E-state index contributed by atoms with van der Waals surface area (Å²) in [7, 11) is 0. The molecule has 0 fully saturated rings. The molecule has 0 radical (unpaired) electrons. The van der Waals surface area contributed by atoms with E-state index in [1.165, 1.54) is 17.0 Å². The fourth-order valence-electron chi connectivity index (χ4n) is 1.48. The highest BCUT2D eigenvalue weighted by Crippen LogP contribution is 2.11. The van der Waals surface area contributed by atoms with Gasteiger partial charge in [-0.05, 0) is 12.8 Å². The topological polar surface area (TPSA) is 18.5 Å². The molecule has 0 aliphatic carbocycles. The summed E-state index contributed by atoms with van der Waals surface area (Å²) in [5, 5.41) is 2.43. The first kappa shape index (κ1) is 15.5. The number of hydrogen-bond donors (Lipinski definition) is 0. The molecule has 0 heterocycles. The molecule has 0 aromatic heterocycles. The van der Waals surface area contributed by atoms with Crippen LogP contribution in [0.2, 0.25) is 10.6 Å². The van der Waals surface area contributed by atoms with Gasteiger partial charge in [-0.25, -0.2) is 0 Å². The summed E-state index contributed by atoms with van der Waals surface area (Å²) in [6.07, 6.45) is 4.62. The molecule has 0 N–H and O–H groups in total. The highest BCUT2D eigenvalue weighted by atomic mass is 27.2. The van der Waals surface area contributed by atoms with E-state index in [-0.39, 0.29) is 6.29 Å². The number of unbranched alkanes of at least 4 members (excludes halogenated alkanes) is 1. The predicted molar refractivity (Wildman–Crippen MR) is 67.4 cm³/mol. The summed E-state index contributed by atoms with van der Waals surface area (Å²) in [6, 6.07) is 0. The smallest absolute Gasteiger partial charge is 0.462 e. The Hall–Kier alpha value is 0.452. The minimum atomic E-state index is -0.958. The van der Waals surface area contributed by atoms with Gasteiger partial charge in [-0.1, -0.05) is 51.1 Å². The molecule has 0 spiro atoms. The lowest BCUT2D eigenvalue weighted by Gasteiger charge is -2.22. The van der Waals surface area contributed by atoms with E-state index < -0.39 is 14.5 Å². The average Bonchev–Trinajstić information content (AvgIpc) is 2.26. The van der Waals surface area contributed by atoms with Gasteiger partial charge < -0.3 is 8.53 Å². The molecule has 0 aliphatic heterocycles. The van der Waals surface area contributed by atoms with Crippen LogP contribution in [-0.2, 0) is 8.53 Å². The lowest BCUT2D eigenvalue weighted by molar-refractivity contribution is -0.0883. The van der Waals surface area contributed by atoms with Crippen LogP contribution >= 0.6 is 0 Å². The maximum atomic E-state index is 6.05. The van der Waals surface area contributed by atoms with Gasteiger partial charge in [0.15, 0.2) is 0 Å². The van der Waals surface area contributed by atoms with Gasteiger partial charge in [0, 0.05) is 6.61 Å². The summed E-state index contributed by atoms with van der Waals surface area (Å²) in [6.45, 7) is 9.70. The van der Waals surface area contributed by atoms with Crippen molar-refractivity contribution in [2.45, 2.75) is 70.2 Å². The number of ether oxygens (including phenoxy) is 1. The van der Waals surface area contributed by atoms with E-state index in [0.29, 0.717) is 0 Å². The van der Waals surface area contributed by atoms with Gasteiger partial charge in [0.25, 0.3) is 0 Å². The monoisotopic (exact) mass is 230 g/mol. The van der Waals surface area contributed by atoms with Crippen molar-refractivity contribution in [3.63, 3.8) is 0 Å². The SMILES string of the molecule is CCCCOC(CCC)[O][Al]([CH2]C)[CH2]C. The molecule has 0 bridgehead atoms. The van der Waals surface area contributed by atoms with E-state index in [9.17, 15) is 0 Å². The van der Waals surface area contributed by atoms with Crippen molar-refractivity contribution < 1.29 is 8.53 Å². The van der Waals surface area contributed by atoms with Crippen LogP contribution in [0.15, 0.2) is 0 Å². The van der Waals surface area contributed by atoms with Crippen LogP contribution < -0.4 is 0 Å². The van der Waals surface area contributed by atoms with Crippen molar-refractivity contribution >= 4 is 14.5 Å². The van der Waals surface area contributed by atoms with Crippen LogP contribution in [-0.4, -0.2) is 27.4 Å². The van der Waals surface area contributed by atoms with Crippen LogP contribution in [0, 0.1) is 0 Å². The maximum Gasteiger partial charge on any atom is 0.462 e. The molecule has 2 nitrogen and oxygen atoms in total. The normalized spacial score (nSPS) is 12.8. The zero-order valence-corrected chi connectivity index (χ0v) is 12.1. The van der Waals surface area contributed by atoms with Crippen molar-refractivity contribution in [2.75, 3.05) is 6.61 Å². The van der Waals surface area contributed by atoms with Gasteiger partial charge >= 0.3 is 14.5 Å². The second kappa shape index (κ2) is 11.0. The summed E-state index contributed by atoms with van der Waals surface area (Å²) in [5.74, 6) is 0. The van der Waals surface area contributed by atoms with E-state index in [2.05, 4.69) is 27.7 Å². The van der Waals surface area contributed by atoms with Crippen LogP contribution in [0.5, 0.6) is 0 Å². The Kier molecular flexibility index (Phi) is 11.3. The minimum Gasteiger partial charge on any atom is -0.478 e. The van der Waals surface area contributed by atoms with Crippen molar-refractivity contribution in [3.05, 3.63) is 0 Å². The number of rotatable bonds is 10. The van der Waals surface area contributed by atoms with E-state index in [1.54, 1.807) is 0 Å². The lowest BCUT2D eigenvalue weighted by atomic mass is 10.3. The third-order valence-corrected chi connectivity index (χ3v) is 5.09. The third kappa shape index (κ3) is 8.28.